The van der Waals surface area contributed by atoms with E-state index in [1.165, 1.54) is 13.8 Å². The fourth-order valence-electron chi connectivity index (χ4n) is 2.69. The van der Waals surface area contributed by atoms with Crippen molar-refractivity contribution >= 4 is 24.0 Å². The average Bonchev–Trinajstić information content (AvgIpc) is 2.85. The molecule has 0 aliphatic carbocycles. The van der Waals surface area contributed by atoms with Crippen LogP contribution in [0.3, 0.4) is 0 Å². The van der Waals surface area contributed by atoms with Gasteiger partial charge < -0.3 is 30.7 Å². The first-order chi connectivity index (χ1) is 16.3. The highest BCUT2D eigenvalue weighted by atomic mass is 16.6. The van der Waals surface area contributed by atoms with E-state index in [0.717, 1.165) is 11.1 Å². The summed E-state index contributed by atoms with van der Waals surface area (Å²) < 4.78 is 10.1. The minimum absolute atomic E-state index is 0.0963. The third-order valence-electron chi connectivity index (χ3n) is 4.60. The standard InChI is InChI=1S/C24H30N4O6/c1-17(27-23(31)33-15-19-9-5-3-6-10-19)21(29)25-13-14-26-22(30)18(2)28-24(32)34-16-20-11-7-4-8-12-20/h3-12,17-18H,13-16H2,1-2H3,(H,25,29)(H,26,30)(H,27,31)(H,28,32)/t17-,18-/m0/s1. The molecule has 2 rings (SSSR count). The molecule has 0 radical (unpaired) electrons. The molecule has 0 aliphatic rings. The lowest BCUT2D eigenvalue weighted by Gasteiger charge is -2.16. The first-order valence-electron chi connectivity index (χ1n) is 10.8. The Kier molecular flexibility index (Phi) is 10.9. The predicted molar refractivity (Wildman–Crippen MR) is 124 cm³/mol. The second-order valence-corrected chi connectivity index (χ2v) is 7.44. The summed E-state index contributed by atoms with van der Waals surface area (Å²) in [6.07, 6.45) is -1.42. The monoisotopic (exact) mass is 470 g/mol. The maximum atomic E-state index is 12.1. The summed E-state index contributed by atoms with van der Waals surface area (Å²) in [5.74, 6) is -0.858. The van der Waals surface area contributed by atoms with Crippen molar-refractivity contribution in [3.05, 3.63) is 71.8 Å². The van der Waals surface area contributed by atoms with Crippen LogP contribution in [0, 0.1) is 0 Å². The Labute approximate surface area is 198 Å². The van der Waals surface area contributed by atoms with Crippen molar-refractivity contribution in [2.24, 2.45) is 0 Å². The Morgan fingerprint density at radius 2 is 1.00 bits per heavy atom. The highest BCUT2D eigenvalue weighted by Gasteiger charge is 2.18. The van der Waals surface area contributed by atoms with Crippen molar-refractivity contribution in [3.63, 3.8) is 0 Å². The molecule has 0 unspecified atom stereocenters. The molecule has 4 amide bonds. The molecular weight excluding hydrogens is 440 g/mol. The quantitative estimate of drug-likeness (QED) is 0.370. The molecule has 0 saturated carbocycles. The van der Waals surface area contributed by atoms with Gasteiger partial charge in [-0.05, 0) is 25.0 Å². The first-order valence-corrected chi connectivity index (χ1v) is 10.8. The Bertz CT molecular complexity index is 861. The van der Waals surface area contributed by atoms with Crippen LogP contribution in [0.5, 0.6) is 0 Å². The molecule has 0 heterocycles. The molecule has 4 N–H and O–H groups in total. The van der Waals surface area contributed by atoms with E-state index in [9.17, 15) is 19.2 Å². The van der Waals surface area contributed by atoms with Crippen LogP contribution in [0.4, 0.5) is 9.59 Å². The number of amides is 4. The molecule has 182 valence electrons. The molecule has 0 fully saturated rings. The number of benzene rings is 2. The lowest BCUT2D eigenvalue weighted by Crippen LogP contribution is -2.49. The summed E-state index contributed by atoms with van der Waals surface area (Å²) in [5.41, 5.74) is 1.66. The van der Waals surface area contributed by atoms with E-state index in [4.69, 9.17) is 9.47 Å². The number of carbonyl (C=O) groups is 4. The van der Waals surface area contributed by atoms with E-state index < -0.39 is 36.1 Å². The molecule has 0 bridgehead atoms. The van der Waals surface area contributed by atoms with Crippen LogP contribution in [-0.4, -0.2) is 49.2 Å². The van der Waals surface area contributed by atoms with Crippen molar-refractivity contribution in [1.82, 2.24) is 21.3 Å². The summed E-state index contributed by atoms with van der Waals surface area (Å²) in [7, 11) is 0. The first kappa shape index (κ1) is 26.2. The predicted octanol–water partition coefficient (Wildman–Crippen LogP) is 1.85. The van der Waals surface area contributed by atoms with Gasteiger partial charge in [-0.3, -0.25) is 9.59 Å². The van der Waals surface area contributed by atoms with E-state index in [2.05, 4.69) is 21.3 Å². The number of alkyl carbamates (subject to hydrolysis) is 2. The zero-order valence-electron chi connectivity index (χ0n) is 19.2. The molecule has 2 atom stereocenters. The molecule has 10 nitrogen and oxygen atoms in total. The SMILES string of the molecule is C[C@H](NC(=O)OCc1ccccc1)C(=O)NCCNC(=O)[C@H](C)NC(=O)OCc1ccccc1. The summed E-state index contributed by atoms with van der Waals surface area (Å²) in [4.78, 5) is 47.8. The van der Waals surface area contributed by atoms with Crippen molar-refractivity contribution in [2.45, 2.75) is 39.1 Å². The fraction of sp³-hybridized carbons (Fsp3) is 0.333. The summed E-state index contributed by atoms with van der Waals surface area (Å²) in [6.45, 7) is 3.51. The Hall–Kier alpha value is -4.08. The van der Waals surface area contributed by atoms with Gasteiger partial charge in [0, 0.05) is 13.1 Å². The topological polar surface area (TPSA) is 135 Å². The van der Waals surface area contributed by atoms with Crippen molar-refractivity contribution in [2.75, 3.05) is 13.1 Å². The maximum absolute atomic E-state index is 12.1. The normalized spacial score (nSPS) is 11.9. The maximum Gasteiger partial charge on any atom is 0.408 e. The Balaban J connectivity index is 1.57. The third-order valence-corrected chi connectivity index (χ3v) is 4.60. The van der Waals surface area contributed by atoms with Crippen LogP contribution in [-0.2, 0) is 32.3 Å². The highest BCUT2D eigenvalue weighted by Crippen LogP contribution is 2.01. The number of nitrogens with one attached hydrogen (secondary N) is 4. The number of carbonyl (C=O) groups excluding carboxylic acids is 4. The van der Waals surface area contributed by atoms with Crippen molar-refractivity contribution in [1.29, 1.82) is 0 Å². The van der Waals surface area contributed by atoms with Gasteiger partial charge in [0.2, 0.25) is 11.8 Å². The van der Waals surface area contributed by atoms with Gasteiger partial charge in [-0.15, -0.1) is 0 Å². The van der Waals surface area contributed by atoms with Crippen LogP contribution in [0.25, 0.3) is 0 Å². The van der Waals surface area contributed by atoms with E-state index >= 15 is 0 Å². The zero-order chi connectivity index (χ0) is 24.8. The molecule has 34 heavy (non-hydrogen) atoms. The van der Waals surface area contributed by atoms with E-state index in [-0.39, 0.29) is 26.3 Å². The van der Waals surface area contributed by atoms with Gasteiger partial charge in [0.15, 0.2) is 0 Å². The lowest BCUT2D eigenvalue weighted by atomic mass is 10.2. The second-order valence-electron chi connectivity index (χ2n) is 7.44. The van der Waals surface area contributed by atoms with E-state index in [0.29, 0.717) is 0 Å². The van der Waals surface area contributed by atoms with E-state index in [1.807, 2.05) is 60.7 Å². The van der Waals surface area contributed by atoms with Crippen LogP contribution >= 0.6 is 0 Å². The molecule has 0 spiro atoms. The molecule has 10 heteroatoms. The van der Waals surface area contributed by atoms with Gasteiger partial charge in [-0.25, -0.2) is 9.59 Å². The Morgan fingerprint density at radius 1 is 0.647 bits per heavy atom. The molecule has 0 aromatic heterocycles. The van der Waals surface area contributed by atoms with Crippen LogP contribution in [0.15, 0.2) is 60.7 Å². The molecule has 0 aliphatic heterocycles. The van der Waals surface area contributed by atoms with Gasteiger partial charge in [0.05, 0.1) is 0 Å². The number of hydrogen-bond donors (Lipinski definition) is 4. The summed E-state index contributed by atoms with van der Waals surface area (Å²) >= 11 is 0. The van der Waals surface area contributed by atoms with Crippen LogP contribution in [0.1, 0.15) is 25.0 Å². The molecule has 0 saturated heterocycles. The van der Waals surface area contributed by atoms with Crippen molar-refractivity contribution < 1.29 is 28.7 Å². The smallest absolute Gasteiger partial charge is 0.408 e. The number of ether oxygens (including phenoxy) is 2. The minimum atomic E-state index is -0.820. The van der Waals surface area contributed by atoms with Gasteiger partial charge in [-0.1, -0.05) is 60.7 Å². The second kappa shape index (κ2) is 14.1. The summed E-state index contributed by atoms with van der Waals surface area (Å²) in [5, 5.41) is 10.1. The summed E-state index contributed by atoms with van der Waals surface area (Å²) in [6, 6.07) is 16.7. The lowest BCUT2D eigenvalue weighted by molar-refractivity contribution is -0.124. The molecular formula is C24H30N4O6. The van der Waals surface area contributed by atoms with E-state index in [1.54, 1.807) is 0 Å². The minimum Gasteiger partial charge on any atom is -0.445 e. The van der Waals surface area contributed by atoms with Gasteiger partial charge in [0.1, 0.15) is 25.3 Å². The van der Waals surface area contributed by atoms with Gasteiger partial charge >= 0.3 is 12.2 Å². The largest absolute Gasteiger partial charge is 0.445 e. The van der Waals surface area contributed by atoms with Crippen LogP contribution in [0.2, 0.25) is 0 Å². The van der Waals surface area contributed by atoms with Gasteiger partial charge in [-0.2, -0.15) is 0 Å². The molecule has 2 aromatic rings. The van der Waals surface area contributed by atoms with Gasteiger partial charge in [0.25, 0.3) is 0 Å². The fourth-order valence-corrected chi connectivity index (χ4v) is 2.69. The number of hydrogen-bond acceptors (Lipinski definition) is 6. The highest BCUT2D eigenvalue weighted by molar-refractivity contribution is 5.86. The number of rotatable bonds is 11. The average molecular weight is 471 g/mol. The van der Waals surface area contributed by atoms with Crippen molar-refractivity contribution in [3.8, 4) is 0 Å². The Morgan fingerprint density at radius 3 is 1.35 bits per heavy atom. The zero-order valence-corrected chi connectivity index (χ0v) is 19.2. The third kappa shape index (κ3) is 10.0. The molecule has 2 aromatic carbocycles. The van der Waals surface area contributed by atoms with Crippen LogP contribution < -0.4 is 21.3 Å².